The SMILES string of the molecule is CC1(c2cnc(C(=O)O)o2)CCCCC1. The Morgan fingerprint density at radius 2 is 2.13 bits per heavy atom. The predicted molar refractivity (Wildman–Crippen MR) is 53.9 cm³/mol. The van der Waals surface area contributed by atoms with Crippen molar-refractivity contribution in [1.82, 2.24) is 4.98 Å². The minimum Gasteiger partial charge on any atom is -0.474 e. The molecule has 0 amide bonds. The van der Waals surface area contributed by atoms with Crippen LogP contribution in [0.15, 0.2) is 10.6 Å². The number of carboxylic acid groups (broad SMARTS) is 1. The Kier molecular flexibility index (Phi) is 2.50. The molecule has 0 aliphatic heterocycles. The molecule has 0 aromatic carbocycles. The predicted octanol–water partition coefficient (Wildman–Crippen LogP) is 2.59. The van der Waals surface area contributed by atoms with Gasteiger partial charge in [-0.2, -0.15) is 0 Å². The van der Waals surface area contributed by atoms with Gasteiger partial charge in [-0.15, -0.1) is 0 Å². The van der Waals surface area contributed by atoms with Crippen molar-refractivity contribution in [1.29, 1.82) is 0 Å². The number of aromatic nitrogens is 1. The summed E-state index contributed by atoms with van der Waals surface area (Å²) in [7, 11) is 0. The van der Waals surface area contributed by atoms with Gasteiger partial charge in [0.15, 0.2) is 0 Å². The van der Waals surface area contributed by atoms with Gasteiger partial charge in [0.25, 0.3) is 0 Å². The molecule has 1 fully saturated rings. The molecule has 0 bridgehead atoms. The summed E-state index contributed by atoms with van der Waals surface area (Å²) in [6, 6.07) is 0. The van der Waals surface area contributed by atoms with Crippen molar-refractivity contribution in [2.24, 2.45) is 0 Å². The van der Waals surface area contributed by atoms with Crippen molar-refractivity contribution < 1.29 is 14.3 Å². The van der Waals surface area contributed by atoms with E-state index in [1.165, 1.54) is 19.3 Å². The molecule has 4 heteroatoms. The summed E-state index contributed by atoms with van der Waals surface area (Å²) in [6.07, 6.45) is 7.30. The van der Waals surface area contributed by atoms with E-state index >= 15 is 0 Å². The zero-order valence-corrected chi connectivity index (χ0v) is 8.82. The van der Waals surface area contributed by atoms with Gasteiger partial charge >= 0.3 is 11.9 Å². The van der Waals surface area contributed by atoms with Crippen LogP contribution in [0.2, 0.25) is 0 Å². The Hall–Kier alpha value is -1.32. The van der Waals surface area contributed by atoms with E-state index in [0.29, 0.717) is 0 Å². The first-order valence-electron chi connectivity index (χ1n) is 5.31. The monoisotopic (exact) mass is 209 g/mol. The number of rotatable bonds is 2. The molecule has 0 radical (unpaired) electrons. The maximum atomic E-state index is 10.6. The number of hydrogen-bond donors (Lipinski definition) is 1. The molecular formula is C11H15NO3. The van der Waals surface area contributed by atoms with Crippen molar-refractivity contribution in [2.45, 2.75) is 44.4 Å². The van der Waals surface area contributed by atoms with Crippen molar-refractivity contribution in [2.75, 3.05) is 0 Å². The normalized spacial score (nSPS) is 20.1. The van der Waals surface area contributed by atoms with Crippen molar-refractivity contribution in [3.63, 3.8) is 0 Å². The molecule has 0 atom stereocenters. The Morgan fingerprint density at radius 1 is 1.47 bits per heavy atom. The molecule has 0 spiro atoms. The first-order chi connectivity index (χ1) is 7.12. The van der Waals surface area contributed by atoms with Gasteiger partial charge in [0.1, 0.15) is 5.76 Å². The summed E-state index contributed by atoms with van der Waals surface area (Å²) in [5.41, 5.74) is -0.0149. The average Bonchev–Trinajstić information content (AvgIpc) is 2.68. The highest BCUT2D eigenvalue weighted by atomic mass is 16.4. The molecule has 1 aliphatic rings. The summed E-state index contributed by atoms with van der Waals surface area (Å²) in [4.78, 5) is 14.4. The van der Waals surface area contributed by atoms with E-state index in [2.05, 4.69) is 11.9 Å². The van der Waals surface area contributed by atoms with Crippen molar-refractivity contribution >= 4 is 5.97 Å². The lowest BCUT2D eigenvalue weighted by Crippen LogP contribution is -2.24. The number of carbonyl (C=O) groups is 1. The molecule has 82 valence electrons. The molecule has 15 heavy (non-hydrogen) atoms. The van der Waals surface area contributed by atoms with Gasteiger partial charge in [-0.25, -0.2) is 9.78 Å². The second kappa shape index (κ2) is 3.68. The maximum absolute atomic E-state index is 10.6. The largest absolute Gasteiger partial charge is 0.474 e. The molecule has 1 aromatic rings. The highest BCUT2D eigenvalue weighted by Gasteiger charge is 2.33. The smallest absolute Gasteiger partial charge is 0.392 e. The van der Waals surface area contributed by atoms with Crippen LogP contribution in [0.25, 0.3) is 0 Å². The van der Waals surface area contributed by atoms with Crippen LogP contribution in [-0.4, -0.2) is 16.1 Å². The van der Waals surface area contributed by atoms with E-state index in [4.69, 9.17) is 9.52 Å². The number of hydrogen-bond acceptors (Lipinski definition) is 3. The molecule has 0 unspecified atom stereocenters. The van der Waals surface area contributed by atoms with E-state index in [1.807, 2.05) is 0 Å². The van der Waals surface area contributed by atoms with Crippen molar-refractivity contribution in [3.05, 3.63) is 17.8 Å². The minimum absolute atomic E-state index is 0.0149. The molecule has 1 heterocycles. The third-order valence-electron chi connectivity index (χ3n) is 3.24. The molecule has 1 N–H and O–H groups in total. The Balaban J connectivity index is 2.23. The van der Waals surface area contributed by atoms with Crippen LogP contribution >= 0.6 is 0 Å². The molecule has 2 rings (SSSR count). The lowest BCUT2D eigenvalue weighted by molar-refractivity contribution is 0.0648. The molecule has 1 aromatic heterocycles. The summed E-state index contributed by atoms with van der Waals surface area (Å²) in [5, 5.41) is 8.72. The van der Waals surface area contributed by atoms with E-state index < -0.39 is 5.97 Å². The van der Waals surface area contributed by atoms with E-state index in [0.717, 1.165) is 18.6 Å². The summed E-state index contributed by atoms with van der Waals surface area (Å²) in [6.45, 7) is 2.12. The second-order valence-electron chi connectivity index (χ2n) is 4.46. The lowest BCUT2D eigenvalue weighted by Gasteiger charge is -2.30. The maximum Gasteiger partial charge on any atom is 0.392 e. The van der Waals surface area contributed by atoms with Crippen LogP contribution in [0.1, 0.15) is 55.5 Å². The van der Waals surface area contributed by atoms with Gasteiger partial charge in [0, 0.05) is 5.41 Å². The fourth-order valence-corrected chi connectivity index (χ4v) is 2.23. The van der Waals surface area contributed by atoms with Gasteiger partial charge in [0.2, 0.25) is 0 Å². The summed E-state index contributed by atoms with van der Waals surface area (Å²) < 4.78 is 5.28. The van der Waals surface area contributed by atoms with Crippen LogP contribution in [-0.2, 0) is 5.41 Å². The highest BCUT2D eigenvalue weighted by molar-refractivity contribution is 5.82. The highest BCUT2D eigenvalue weighted by Crippen LogP contribution is 2.39. The summed E-state index contributed by atoms with van der Waals surface area (Å²) in [5.74, 6) is -0.572. The van der Waals surface area contributed by atoms with Gasteiger partial charge in [-0.1, -0.05) is 26.2 Å². The average molecular weight is 209 g/mol. The molecule has 0 saturated heterocycles. The zero-order valence-electron chi connectivity index (χ0n) is 8.82. The van der Waals surface area contributed by atoms with E-state index in [9.17, 15) is 4.79 Å². The fraction of sp³-hybridized carbons (Fsp3) is 0.636. The van der Waals surface area contributed by atoms with E-state index in [-0.39, 0.29) is 11.3 Å². The first-order valence-corrected chi connectivity index (χ1v) is 5.31. The molecule has 1 saturated carbocycles. The number of carboxylic acids is 1. The number of nitrogens with zero attached hydrogens (tertiary/aromatic N) is 1. The van der Waals surface area contributed by atoms with Crippen molar-refractivity contribution in [3.8, 4) is 0 Å². The Labute approximate surface area is 88.3 Å². The number of aromatic carboxylic acids is 1. The molecular weight excluding hydrogens is 194 g/mol. The van der Waals surface area contributed by atoms with E-state index in [1.54, 1.807) is 6.20 Å². The fourth-order valence-electron chi connectivity index (χ4n) is 2.23. The quantitative estimate of drug-likeness (QED) is 0.813. The van der Waals surface area contributed by atoms with Crippen LogP contribution in [0.5, 0.6) is 0 Å². The minimum atomic E-state index is -1.10. The van der Waals surface area contributed by atoms with Gasteiger partial charge in [0.05, 0.1) is 6.20 Å². The summed E-state index contributed by atoms with van der Waals surface area (Å²) >= 11 is 0. The zero-order chi connectivity index (χ0) is 10.9. The standard InChI is InChI=1S/C11H15NO3/c1-11(5-3-2-4-6-11)8-7-12-9(15-8)10(13)14/h7H,2-6H2,1H3,(H,13,14). The van der Waals surface area contributed by atoms with Gasteiger partial charge in [-0.05, 0) is 12.8 Å². The number of oxazole rings is 1. The van der Waals surface area contributed by atoms with Crippen LogP contribution in [0.4, 0.5) is 0 Å². The Bertz CT molecular complexity index is 364. The Morgan fingerprint density at radius 3 is 2.67 bits per heavy atom. The third kappa shape index (κ3) is 1.89. The van der Waals surface area contributed by atoms with Crippen LogP contribution < -0.4 is 0 Å². The van der Waals surface area contributed by atoms with Crippen LogP contribution in [0.3, 0.4) is 0 Å². The molecule has 4 nitrogen and oxygen atoms in total. The molecule has 1 aliphatic carbocycles. The van der Waals surface area contributed by atoms with Crippen LogP contribution in [0, 0.1) is 0 Å². The lowest BCUT2D eigenvalue weighted by atomic mass is 9.74. The van der Waals surface area contributed by atoms with Gasteiger partial charge in [-0.3, -0.25) is 0 Å². The second-order valence-corrected chi connectivity index (χ2v) is 4.46. The van der Waals surface area contributed by atoms with Gasteiger partial charge < -0.3 is 9.52 Å². The first kappa shape index (κ1) is 10.2. The topological polar surface area (TPSA) is 63.3 Å². The third-order valence-corrected chi connectivity index (χ3v) is 3.24.